The van der Waals surface area contributed by atoms with Crippen molar-refractivity contribution in [1.82, 2.24) is 9.88 Å². The second-order valence-corrected chi connectivity index (χ2v) is 8.03. The fraction of sp³-hybridized carbons (Fsp3) is 0.0400. The topological polar surface area (TPSA) is 51.1 Å². The number of benzene rings is 3. The Morgan fingerprint density at radius 2 is 1.47 bits per heavy atom. The van der Waals surface area contributed by atoms with Gasteiger partial charge in [-0.15, -0.1) is 0 Å². The Kier molecular flexibility index (Phi) is 4.73. The molecule has 1 N–H and O–H groups in total. The minimum Gasteiger partial charge on any atom is -0.336 e. The molecule has 146 valence electrons. The fourth-order valence-electron chi connectivity index (χ4n) is 3.92. The largest absolute Gasteiger partial charge is 0.336 e. The number of hydrogen-bond donors (Lipinski definition) is 1. The van der Waals surface area contributed by atoms with Gasteiger partial charge in [-0.2, -0.15) is 0 Å². The molecular weight excluding hydrogens is 392 g/mol. The second kappa shape index (κ2) is 7.69. The lowest BCUT2D eigenvalue weighted by Gasteiger charge is -2.21. The van der Waals surface area contributed by atoms with E-state index in [2.05, 4.69) is 76.7 Å². The first-order valence-electron chi connectivity index (χ1n) is 9.65. The first-order chi connectivity index (χ1) is 14.7. The first-order valence-corrected chi connectivity index (χ1v) is 10.5. The van der Waals surface area contributed by atoms with Gasteiger partial charge in [-0.3, -0.25) is 9.59 Å². The van der Waals surface area contributed by atoms with Crippen molar-refractivity contribution in [3.05, 3.63) is 114 Å². The van der Waals surface area contributed by atoms with Crippen molar-refractivity contribution in [3.63, 3.8) is 0 Å². The average Bonchev–Trinajstić information content (AvgIpc) is 3.33. The zero-order valence-electron chi connectivity index (χ0n) is 16.0. The predicted octanol–water partition coefficient (Wildman–Crippen LogP) is 5.60. The Morgan fingerprint density at radius 1 is 0.800 bits per heavy atom. The number of hydrogen-bond acceptors (Lipinski definition) is 3. The highest BCUT2D eigenvalue weighted by atomic mass is 32.2. The van der Waals surface area contributed by atoms with Gasteiger partial charge in [-0.25, -0.2) is 0 Å². The number of nitrogens with zero attached hydrogens (tertiary/aromatic N) is 1. The van der Waals surface area contributed by atoms with Gasteiger partial charge in [0, 0.05) is 28.9 Å². The maximum Gasteiger partial charge on any atom is 0.291 e. The molecule has 1 saturated heterocycles. The quantitative estimate of drug-likeness (QED) is 0.445. The lowest BCUT2D eigenvalue weighted by Crippen LogP contribution is -2.11. The van der Waals surface area contributed by atoms with E-state index in [1.54, 1.807) is 6.08 Å². The van der Waals surface area contributed by atoms with Crippen molar-refractivity contribution in [2.24, 2.45) is 0 Å². The number of aromatic nitrogens is 1. The van der Waals surface area contributed by atoms with Crippen molar-refractivity contribution in [1.29, 1.82) is 0 Å². The minimum atomic E-state index is -0.329. The summed E-state index contributed by atoms with van der Waals surface area (Å²) >= 11 is 0.695. The molecule has 1 amide bonds. The van der Waals surface area contributed by atoms with Crippen LogP contribution in [0.1, 0.15) is 22.7 Å². The van der Waals surface area contributed by atoms with E-state index >= 15 is 0 Å². The summed E-state index contributed by atoms with van der Waals surface area (Å²) in [5, 5.41) is 3.08. The van der Waals surface area contributed by atoms with Crippen molar-refractivity contribution >= 4 is 39.1 Å². The lowest BCUT2D eigenvalue weighted by molar-refractivity contribution is -0.107. The third-order valence-corrected chi connectivity index (χ3v) is 5.94. The molecule has 5 heteroatoms. The highest BCUT2D eigenvalue weighted by Crippen LogP contribution is 2.33. The molecule has 30 heavy (non-hydrogen) atoms. The van der Waals surface area contributed by atoms with Gasteiger partial charge in [0.1, 0.15) is 0 Å². The summed E-state index contributed by atoms with van der Waals surface area (Å²) in [6.07, 6.45) is 3.84. The molecule has 1 aliphatic heterocycles. The first kappa shape index (κ1) is 18.5. The van der Waals surface area contributed by atoms with Gasteiger partial charge >= 0.3 is 0 Å². The summed E-state index contributed by atoms with van der Waals surface area (Å²) in [6.45, 7) is 0. The number of nitrogens with one attached hydrogen (secondary N) is 1. The molecule has 1 fully saturated rings. The van der Waals surface area contributed by atoms with Crippen LogP contribution in [0.15, 0.2) is 96.8 Å². The summed E-state index contributed by atoms with van der Waals surface area (Å²) in [7, 11) is 0. The lowest BCUT2D eigenvalue weighted by atomic mass is 9.98. The molecule has 0 saturated carbocycles. The Bertz CT molecular complexity index is 1240. The van der Waals surface area contributed by atoms with Crippen LogP contribution in [0.2, 0.25) is 0 Å². The summed E-state index contributed by atoms with van der Waals surface area (Å²) in [5.41, 5.74) is 4.68. The average molecular weight is 410 g/mol. The van der Waals surface area contributed by atoms with Gasteiger partial charge in [0.25, 0.3) is 5.24 Å². The molecule has 0 radical (unpaired) electrons. The van der Waals surface area contributed by atoms with Crippen molar-refractivity contribution in [3.8, 4) is 0 Å². The van der Waals surface area contributed by atoms with Gasteiger partial charge in [0.15, 0.2) is 0 Å². The molecule has 0 bridgehead atoms. The van der Waals surface area contributed by atoms with Gasteiger partial charge in [0.05, 0.1) is 11.7 Å². The van der Waals surface area contributed by atoms with E-state index in [9.17, 15) is 9.59 Å². The number of rotatable bonds is 4. The number of amides is 1. The van der Waals surface area contributed by atoms with E-state index in [1.807, 2.05) is 24.3 Å². The molecule has 4 nitrogen and oxygen atoms in total. The van der Waals surface area contributed by atoms with Crippen LogP contribution in [0, 0.1) is 0 Å². The molecule has 0 spiro atoms. The normalized spacial score (nSPS) is 15.3. The van der Waals surface area contributed by atoms with Crippen LogP contribution < -0.4 is 5.32 Å². The van der Waals surface area contributed by atoms with Crippen LogP contribution in [0.25, 0.3) is 17.0 Å². The Labute approximate surface area is 178 Å². The molecule has 5 rings (SSSR count). The van der Waals surface area contributed by atoms with Gasteiger partial charge in [-0.1, -0.05) is 72.8 Å². The summed E-state index contributed by atoms with van der Waals surface area (Å²) in [6, 6.07) is 28.9. The molecule has 3 aromatic carbocycles. The van der Waals surface area contributed by atoms with Gasteiger partial charge in [-0.05, 0) is 34.9 Å². The van der Waals surface area contributed by atoms with Gasteiger partial charge < -0.3 is 9.88 Å². The highest BCUT2D eigenvalue weighted by molar-refractivity contribution is 8.27. The smallest absolute Gasteiger partial charge is 0.291 e. The molecule has 1 aromatic heterocycles. The highest BCUT2D eigenvalue weighted by Gasteiger charge is 2.25. The van der Waals surface area contributed by atoms with E-state index in [0.29, 0.717) is 17.5 Å². The Balaban J connectivity index is 1.66. The second-order valence-electron chi connectivity index (χ2n) is 7.09. The Hall–Kier alpha value is -3.57. The standard InChI is InChI=1S/C25H18N2O2S/c28-24-21(26-25(29)30-24)16-19-12-7-13-22-20(19)14-15-27(22)23(17-8-3-1-4-9-17)18-10-5-2-6-11-18/h1-16,23H,(H,26,29). The number of thioether (sulfide) groups is 1. The zero-order valence-corrected chi connectivity index (χ0v) is 16.8. The third-order valence-electron chi connectivity index (χ3n) is 5.25. The summed E-state index contributed by atoms with van der Waals surface area (Å²) in [4.78, 5) is 23.5. The summed E-state index contributed by atoms with van der Waals surface area (Å²) in [5.74, 6) is 0. The van der Waals surface area contributed by atoms with Crippen molar-refractivity contribution in [2.45, 2.75) is 6.04 Å². The van der Waals surface area contributed by atoms with E-state index in [-0.39, 0.29) is 16.4 Å². The van der Waals surface area contributed by atoms with Crippen molar-refractivity contribution < 1.29 is 9.59 Å². The van der Waals surface area contributed by atoms with Crippen LogP contribution in [-0.4, -0.2) is 14.9 Å². The molecule has 0 unspecified atom stereocenters. The fourth-order valence-corrected chi connectivity index (χ4v) is 4.47. The maximum absolute atomic E-state index is 12.0. The van der Waals surface area contributed by atoms with Gasteiger partial charge in [0.2, 0.25) is 5.12 Å². The van der Waals surface area contributed by atoms with Crippen LogP contribution in [0.4, 0.5) is 4.79 Å². The van der Waals surface area contributed by atoms with Crippen LogP contribution in [-0.2, 0) is 4.79 Å². The predicted molar refractivity (Wildman–Crippen MR) is 121 cm³/mol. The van der Waals surface area contributed by atoms with E-state index in [4.69, 9.17) is 0 Å². The maximum atomic E-state index is 12.0. The van der Waals surface area contributed by atoms with Crippen LogP contribution in [0.3, 0.4) is 0 Å². The number of carbonyl (C=O) groups is 2. The SMILES string of the molecule is O=C1NC(=Cc2cccc3c2ccn3C(c2ccccc2)c2ccccc2)C(=O)S1. The monoisotopic (exact) mass is 410 g/mol. The Morgan fingerprint density at radius 3 is 2.07 bits per heavy atom. The molecule has 0 atom stereocenters. The van der Waals surface area contributed by atoms with Crippen LogP contribution in [0.5, 0.6) is 0 Å². The van der Waals surface area contributed by atoms with E-state index in [1.165, 1.54) is 11.1 Å². The molecule has 4 aromatic rings. The third kappa shape index (κ3) is 3.33. The van der Waals surface area contributed by atoms with Crippen LogP contribution >= 0.6 is 11.8 Å². The zero-order chi connectivity index (χ0) is 20.5. The number of fused-ring (bicyclic) bond motifs is 1. The summed E-state index contributed by atoms with van der Waals surface area (Å²) < 4.78 is 2.26. The minimum absolute atomic E-state index is 0.0242. The van der Waals surface area contributed by atoms with E-state index < -0.39 is 0 Å². The molecule has 0 aliphatic carbocycles. The molecular formula is C25H18N2O2S. The molecule has 1 aliphatic rings. The van der Waals surface area contributed by atoms with E-state index in [0.717, 1.165) is 16.5 Å². The molecule has 2 heterocycles. The number of carbonyl (C=O) groups excluding carboxylic acids is 2. The van der Waals surface area contributed by atoms with Crippen molar-refractivity contribution in [2.75, 3.05) is 0 Å².